The number of carbonyl (C=O) groups excluding carboxylic acids is 3. The molecule has 0 saturated carbocycles. The predicted octanol–water partition coefficient (Wildman–Crippen LogP) is 6.00. The molecule has 0 aliphatic carbocycles. The third-order valence-corrected chi connectivity index (χ3v) is 6.94. The second-order valence-corrected chi connectivity index (χ2v) is 9.52. The molecule has 0 atom stereocenters. The fraction of sp³-hybridized carbons (Fsp3) is 0.0800. The summed E-state index contributed by atoms with van der Waals surface area (Å²) in [6.45, 7) is 0. The molecule has 1 aliphatic rings. The average Bonchev–Trinajstić information content (AvgIpc) is 2.80. The van der Waals surface area contributed by atoms with Crippen LogP contribution in [0.15, 0.2) is 60.2 Å². The van der Waals surface area contributed by atoms with Crippen molar-refractivity contribution in [3.8, 4) is 5.75 Å². The van der Waals surface area contributed by atoms with E-state index in [1.54, 1.807) is 18.2 Å². The molecule has 4 amide bonds. The van der Waals surface area contributed by atoms with Gasteiger partial charge in [0.05, 0.1) is 22.8 Å². The highest BCUT2D eigenvalue weighted by Gasteiger charge is 2.37. The largest absolute Gasteiger partial charge is 0.496 e. The van der Waals surface area contributed by atoms with Crippen LogP contribution in [-0.2, 0) is 16.0 Å². The second-order valence-electron chi connectivity index (χ2n) is 7.55. The van der Waals surface area contributed by atoms with Gasteiger partial charge in [0.25, 0.3) is 11.8 Å². The Morgan fingerprint density at radius 3 is 2.51 bits per heavy atom. The summed E-state index contributed by atoms with van der Waals surface area (Å²) in [5.74, 6) is -1.46. The molecule has 35 heavy (non-hydrogen) atoms. The van der Waals surface area contributed by atoms with Crippen molar-refractivity contribution in [1.29, 1.82) is 0 Å². The molecule has 3 aromatic rings. The third kappa shape index (κ3) is 5.34. The Kier molecular flexibility index (Phi) is 7.44. The van der Waals surface area contributed by atoms with Gasteiger partial charge >= 0.3 is 6.03 Å². The molecular formula is C25H16Cl2FIN2O4. The number of nitrogens with one attached hydrogen (secondary N) is 1. The molecule has 10 heteroatoms. The number of imide groups is 2. The summed E-state index contributed by atoms with van der Waals surface area (Å²) in [5, 5.41) is 2.58. The molecule has 1 N–H and O–H groups in total. The molecular weight excluding hydrogens is 609 g/mol. The van der Waals surface area contributed by atoms with Gasteiger partial charge in [-0.2, -0.15) is 0 Å². The summed E-state index contributed by atoms with van der Waals surface area (Å²) < 4.78 is 20.0. The number of ether oxygens (including phenoxy) is 1. The van der Waals surface area contributed by atoms with E-state index in [-0.39, 0.29) is 27.1 Å². The lowest BCUT2D eigenvalue weighted by atomic mass is 10.0. The van der Waals surface area contributed by atoms with Crippen LogP contribution in [0.3, 0.4) is 0 Å². The van der Waals surface area contributed by atoms with Gasteiger partial charge in [-0.05, 0) is 82.3 Å². The van der Waals surface area contributed by atoms with E-state index >= 15 is 0 Å². The number of amides is 4. The minimum absolute atomic E-state index is 0.153. The van der Waals surface area contributed by atoms with Crippen LogP contribution < -0.4 is 15.0 Å². The van der Waals surface area contributed by atoms with E-state index in [2.05, 4.69) is 27.9 Å². The Morgan fingerprint density at radius 2 is 1.83 bits per heavy atom. The monoisotopic (exact) mass is 624 g/mol. The third-order valence-electron chi connectivity index (χ3n) is 5.24. The molecule has 6 nitrogen and oxygen atoms in total. The Hall–Kier alpha value is -2.95. The number of hydrogen-bond donors (Lipinski definition) is 1. The van der Waals surface area contributed by atoms with E-state index in [9.17, 15) is 18.8 Å². The average molecular weight is 625 g/mol. The van der Waals surface area contributed by atoms with Gasteiger partial charge < -0.3 is 4.74 Å². The van der Waals surface area contributed by atoms with Gasteiger partial charge in [-0.3, -0.25) is 14.9 Å². The summed E-state index contributed by atoms with van der Waals surface area (Å²) in [4.78, 5) is 38.9. The number of urea groups is 1. The second kappa shape index (κ2) is 10.3. The molecule has 1 aliphatic heterocycles. The van der Waals surface area contributed by atoms with Gasteiger partial charge in [0.2, 0.25) is 0 Å². The first-order valence-electron chi connectivity index (χ1n) is 10.2. The molecule has 1 saturated heterocycles. The number of rotatable bonds is 5. The van der Waals surface area contributed by atoms with Crippen LogP contribution >= 0.6 is 45.8 Å². The number of hydrogen-bond acceptors (Lipinski definition) is 4. The van der Waals surface area contributed by atoms with Crippen molar-refractivity contribution in [2.24, 2.45) is 0 Å². The van der Waals surface area contributed by atoms with E-state index in [0.717, 1.165) is 19.6 Å². The summed E-state index contributed by atoms with van der Waals surface area (Å²) in [5.41, 5.74) is 2.03. The molecule has 0 spiro atoms. The van der Waals surface area contributed by atoms with Crippen LogP contribution in [0, 0.1) is 9.39 Å². The van der Waals surface area contributed by atoms with Gasteiger partial charge in [-0.1, -0.05) is 35.3 Å². The lowest BCUT2D eigenvalue weighted by Crippen LogP contribution is -2.54. The minimum Gasteiger partial charge on any atom is -0.496 e. The number of anilines is 1. The summed E-state index contributed by atoms with van der Waals surface area (Å²) >= 11 is 14.1. The van der Waals surface area contributed by atoms with Gasteiger partial charge in [-0.15, -0.1) is 0 Å². The Labute approximate surface area is 223 Å². The highest BCUT2D eigenvalue weighted by atomic mass is 127. The zero-order valence-electron chi connectivity index (χ0n) is 18.1. The zero-order valence-corrected chi connectivity index (χ0v) is 21.7. The highest BCUT2D eigenvalue weighted by Crippen LogP contribution is 2.32. The number of barbiturate groups is 1. The van der Waals surface area contributed by atoms with Crippen molar-refractivity contribution in [1.82, 2.24) is 5.32 Å². The van der Waals surface area contributed by atoms with E-state index in [4.69, 9.17) is 27.9 Å². The van der Waals surface area contributed by atoms with Crippen LogP contribution in [0.5, 0.6) is 5.75 Å². The Bertz CT molecular complexity index is 1410. The van der Waals surface area contributed by atoms with Crippen molar-refractivity contribution in [2.45, 2.75) is 6.42 Å². The van der Waals surface area contributed by atoms with Crippen molar-refractivity contribution >= 4 is 75.4 Å². The van der Waals surface area contributed by atoms with Gasteiger partial charge in [-0.25, -0.2) is 14.1 Å². The number of benzene rings is 3. The molecule has 0 unspecified atom stereocenters. The number of carbonyl (C=O) groups is 3. The standard InChI is InChI=1S/C25H16Cl2FIN2O4/c1-35-22-11-14(10-21(29)17(22)8-13-3-2-4-15(28)7-13)9-18-23(32)30-25(34)31(24(18)33)16-5-6-19(26)20(27)12-16/h2-7,9-12H,8H2,1H3,(H,30,32,34)/b18-9+. The normalized spacial score (nSPS) is 14.9. The lowest BCUT2D eigenvalue weighted by molar-refractivity contribution is -0.122. The van der Waals surface area contributed by atoms with Gasteiger partial charge in [0, 0.05) is 15.6 Å². The summed E-state index contributed by atoms with van der Waals surface area (Å²) in [6.07, 6.45) is 1.81. The molecule has 178 valence electrons. The molecule has 3 aromatic carbocycles. The first-order valence-corrected chi connectivity index (χ1v) is 12.0. The lowest BCUT2D eigenvalue weighted by Gasteiger charge is -2.26. The summed E-state index contributed by atoms with van der Waals surface area (Å²) in [7, 11) is 1.50. The topological polar surface area (TPSA) is 75.7 Å². The van der Waals surface area contributed by atoms with E-state index in [0.29, 0.717) is 17.7 Å². The first kappa shape index (κ1) is 25.2. The maximum atomic E-state index is 13.6. The van der Waals surface area contributed by atoms with E-state index < -0.39 is 17.8 Å². The molecule has 0 bridgehead atoms. The van der Waals surface area contributed by atoms with Gasteiger partial charge in [0.1, 0.15) is 17.1 Å². The number of nitrogens with zero attached hydrogens (tertiary/aromatic N) is 1. The highest BCUT2D eigenvalue weighted by molar-refractivity contribution is 14.1. The maximum absolute atomic E-state index is 13.6. The van der Waals surface area contributed by atoms with Crippen LogP contribution in [0.4, 0.5) is 14.9 Å². The molecule has 1 heterocycles. The SMILES string of the molecule is COc1cc(/C=C2\C(=O)NC(=O)N(c3ccc(Cl)c(Cl)c3)C2=O)cc(I)c1Cc1cccc(F)c1. The van der Waals surface area contributed by atoms with Crippen LogP contribution in [0.1, 0.15) is 16.7 Å². The molecule has 0 radical (unpaired) electrons. The van der Waals surface area contributed by atoms with Crippen LogP contribution in [0.2, 0.25) is 10.0 Å². The molecule has 1 fully saturated rings. The first-order chi connectivity index (χ1) is 16.7. The predicted molar refractivity (Wildman–Crippen MR) is 140 cm³/mol. The van der Waals surface area contributed by atoms with Crippen molar-refractivity contribution in [3.05, 3.63) is 96.3 Å². The fourth-order valence-corrected chi connectivity index (χ4v) is 4.71. The zero-order chi connectivity index (χ0) is 25.3. The van der Waals surface area contributed by atoms with Gasteiger partial charge in [0.15, 0.2) is 0 Å². The smallest absolute Gasteiger partial charge is 0.335 e. The maximum Gasteiger partial charge on any atom is 0.335 e. The number of halogens is 4. The van der Waals surface area contributed by atoms with Crippen molar-refractivity contribution in [3.63, 3.8) is 0 Å². The molecule has 0 aromatic heterocycles. The Morgan fingerprint density at radius 1 is 1.06 bits per heavy atom. The van der Waals surface area contributed by atoms with Crippen molar-refractivity contribution < 1.29 is 23.5 Å². The number of methoxy groups -OCH3 is 1. The minimum atomic E-state index is -0.895. The molecule has 4 rings (SSSR count). The summed E-state index contributed by atoms with van der Waals surface area (Å²) in [6, 6.07) is 13.1. The fourth-order valence-electron chi connectivity index (χ4n) is 3.60. The van der Waals surface area contributed by atoms with E-state index in [1.165, 1.54) is 43.5 Å². The Balaban J connectivity index is 1.71. The quantitative estimate of drug-likeness (QED) is 0.215. The van der Waals surface area contributed by atoms with Crippen molar-refractivity contribution in [2.75, 3.05) is 12.0 Å². The van der Waals surface area contributed by atoms with Crippen LogP contribution in [-0.4, -0.2) is 25.0 Å². The van der Waals surface area contributed by atoms with E-state index in [1.807, 2.05) is 6.07 Å². The van der Waals surface area contributed by atoms with Crippen LogP contribution in [0.25, 0.3) is 6.08 Å².